The summed E-state index contributed by atoms with van der Waals surface area (Å²) in [6, 6.07) is 13.9. The van der Waals surface area contributed by atoms with Crippen LogP contribution in [0.4, 0.5) is 16.2 Å². The quantitative estimate of drug-likeness (QED) is 0.643. The van der Waals surface area contributed by atoms with Crippen LogP contribution in [0.15, 0.2) is 65.7 Å². The summed E-state index contributed by atoms with van der Waals surface area (Å²) >= 11 is 6.33. The van der Waals surface area contributed by atoms with Gasteiger partial charge in [0.15, 0.2) is 0 Å². The Balaban J connectivity index is 1.29. The third-order valence-electron chi connectivity index (χ3n) is 7.17. The summed E-state index contributed by atoms with van der Waals surface area (Å²) in [5.41, 5.74) is 4.57. The second kappa shape index (κ2) is 10.4. The minimum Gasteiger partial charge on any atom is -0.369 e. The molecule has 0 radical (unpaired) electrons. The van der Waals surface area contributed by atoms with Crippen LogP contribution in [-0.2, 0) is 13.1 Å². The van der Waals surface area contributed by atoms with Crippen LogP contribution in [0, 0.1) is 5.92 Å². The van der Waals surface area contributed by atoms with E-state index in [4.69, 9.17) is 11.6 Å². The monoisotopic (exact) mass is 505 g/mol. The summed E-state index contributed by atoms with van der Waals surface area (Å²) < 4.78 is 0. The molecule has 1 saturated heterocycles. The highest BCUT2D eigenvalue weighted by Gasteiger charge is 2.31. The Morgan fingerprint density at radius 1 is 1.08 bits per heavy atom. The largest absolute Gasteiger partial charge is 0.369 e. The molecule has 0 bridgehead atoms. The lowest BCUT2D eigenvalue weighted by atomic mass is 10.0. The lowest BCUT2D eigenvalue weighted by Crippen LogP contribution is -2.47. The Hall–Kier alpha value is -3.29. The van der Waals surface area contributed by atoms with Gasteiger partial charge in [-0.25, -0.2) is 4.79 Å². The fourth-order valence-corrected chi connectivity index (χ4v) is 5.17. The number of carbonyl (C=O) groups is 2. The first-order valence-corrected chi connectivity index (χ1v) is 12.8. The average molecular weight is 506 g/mol. The molecule has 8 heteroatoms. The second-order valence-electron chi connectivity index (χ2n) is 9.78. The number of halogens is 1. The van der Waals surface area contributed by atoms with E-state index in [1.807, 2.05) is 48.6 Å². The zero-order chi connectivity index (χ0) is 25.2. The maximum Gasteiger partial charge on any atom is 0.324 e. The van der Waals surface area contributed by atoms with E-state index in [0.29, 0.717) is 30.2 Å². The lowest BCUT2D eigenvalue weighted by Gasteiger charge is -2.36. The van der Waals surface area contributed by atoms with E-state index >= 15 is 0 Å². The van der Waals surface area contributed by atoms with Crippen LogP contribution in [-0.4, -0.2) is 68.6 Å². The Bertz CT molecular complexity index is 1220. The molecule has 2 heterocycles. The SMILES string of the molecule is CN1CCN(c2cccc(CNC(=O)c3ccc4c(c3)N(CC3C=CC=C3Cl)C(=O)N(C)C4)c2)CC1. The standard InChI is InChI=1S/C28H32ClN5O2/c1-31-11-13-33(14-12-31)24-7-3-5-20(15-24)17-30-27(35)21-9-10-23-18-32(2)28(36)34(26(23)16-21)19-22-6-4-8-25(22)29/h3-10,15-16,22H,11-14,17-19H2,1-2H3,(H,30,35). The Kier molecular flexibility index (Phi) is 7.03. The summed E-state index contributed by atoms with van der Waals surface area (Å²) in [6.07, 6.45) is 5.76. The number of anilines is 2. The van der Waals surface area contributed by atoms with Gasteiger partial charge in [-0.1, -0.05) is 42.0 Å². The number of urea groups is 1. The number of likely N-dealkylation sites (N-methyl/N-ethyl adjacent to an activating group) is 1. The lowest BCUT2D eigenvalue weighted by molar-refractivity contribution is 0.0950. The van der Waals surface area contributed by atoms with Crippen molar-refractivity contribution in [2.75, 3.05) is 56.6 Å². The normalized spacial score (nSPS) is 20.0. The van der Waals surface area contributed by atoms with E-state index in [1.165, 1.54) is 5.69 Å². The minimum atomic E-state index is -0.159. The van der Waals surface area contributed by atoms with Crippen molar-refractivity contribution in [2.45, 2.75) is 13.1 Å². The molecule has 2 aromatic rings. The maximum atomic E-state index is 13.1. The van der Waals surface area contributed by atoms with Crippen molar-refractivity contribution in [1.82, 2.24) is 15.1 Å². The van der Waals surface area contributed by atoms with Gasteiger partial charge in [0.1, 0.15) is 0 Å². The Morgan fingerprint density at radius 2 is 1.89 bits per heavy atom. The molecule has 2 aromatic carbocycles. The molecule has 7 nitrogen and oxygen atoms in total. The first-order valence-electron chi connectivity index (χ1n) is 12.4. The van der Waals surface area contributed by atoms with Crippen molar-refractivity contribution >= 4 is 34.9 Å². The number of hydrogen-bond donors (Lipinski definition) is 1. The van der Waals surface area contributed by atoms with E-state index in [9.17, 15) is 9.59 Å². The minimum absolute atomic E-state index is 0.0416. The molecule has 0 spiro atoms. The molecule has 0 aromatic heterocycles. The Morgan fingerprint density at radius 3 is 2.64 bits per heavy atom. The molecular weight excluding hydrogens is 474 g/mol. The van der Waals surface area contributed by atoms with Crippen LogP contribution in [0.2, 0.25) is 0 Å². The van der Waals surface area contributed by atoms with Gasteiger partial charge in [-0.2, -0.15) is 0 Å². The van der Waals surface area contributed by atoms with Gasteiger partial charge in [0.25, 0.3) is 5.91 Å². The van der Waals surface area contributed by atoms with E-state index in [-0.39, 0.29) is 17.9 Å². The summed E-state index contributed by atoms with van der Waals surface area (Å²) in [5, 5.41) is 3.77. The Labute approximate surface area is 217 Å². The van der Waals surface area contributed by atoms with Gasteiger partial charge in [-0.3, -0.25) is 9.69 Å². The predicted octanol–water partition coefficient (Wildman–Crippen LogP) is 4.05. The molecule has 3 aliphatic rings. The van der Waals surface area contributed by atoms with Crippen molar-refractivity contribution < 1.29 is 9.59 Å². The summed E-state index contributed by atoms with van der Waals surface area (Å²) in [5.74, 6) is -0.201. The number of amides is 3. The van der Waals surface area contributed by atoms with Crippen molar-refractivity contribution in [2.24, 2.45) is 5.92 Å². The number of fused-ring (bicyclic) bond motifs is 1. The fraction of sp³-hybridized carbons (Fsp3) is 0.357. The number of piperazine rings is 1. The molecule has 1 unspecified atom stereocenters. The summed E-state index contributed by atoms with van der Waals surface area (Å²) in [7, 11) is 3.94. The first kappa shape index (κ1) is 24.4. The molecule has 36 heavy (non-hydrogen) atoms. The molecule has 5 rings (SSSR count). The predicted molar refractivity (Wildman–Crippen MR) is 145 cm³/mol. The zero-order valence-electron chi connectivity index (χ0n) is 20.8. The number of benzene rings is 2. The molecule has 1 aliphatic carbocycles. The van der Waals surface area contributed by atoms with Crippen molar-refractivity contribution in [3.63, 3.8) is 0 Å². The average Bonchev–Trinajstić information content (AvgIpc) is 3.30. The first-order chi connectivity index (χ1) is 17.4. The highest BCUT2D eigenvalue weighted by atomic mass is 35.5. The highest BCUT2D eigenvalue weighted by Crippen LogP contribution is 2.33. The number of nitrogens with one attached hydrogen (secondary N) is 1. The number of carbonyl (C=O) groups excluding carboxylic acids is 2. The third kappa shape index (κ3) is 5.13. The topological polar surface area (TPSA) is 59.1 Å². The molecule has 1 N–H and O–H groups in total. The number of allylic oxidation sites excluding steroid dienone is 2. The van der Waals surface area contributed by atoms with Crippen LogP contribution in [0.3, 0.4) is 0 Å². The van der Waals surface area contributed by atoms with Crippen LogP contribution >= 0.6 is 11.6 Å². The highest BCUT2D eigenvalue weighted by molar-refractivity contribution is 6.30. The molecular formula is C28H32ClN5O2. The zero-order valence-corrected chi connectivity index (χ0v) is 21.5. The molecule has 2 aliphatic heterocycles. The van der Waals surface area contributed by atoms with Gasteiger partial charge in [-0.05, 0) is 48.5 Å². The van der Waals surface area contributed by atoms with Crippen molar-refractivity contribution in [1.29, 1.82) is 0 Å². The van der Waals surface area contributed by atoms with Gasteiger partial charge in [-0.15, -0.1) is 0 Å². The summed E-state index contributed by atoms with van der Waals surface area (Å²) in [4.78, 5) is 34.2. The maximum absolute atomic E-state index is 13.1. The molecule has 1 atom stereocenters. The van der Waals surface area contributed by atoms with Crippen molar-refractivity contribution in [3.8, 4) is 0 Å². The fourth-order valence-electron chi connectivity index (χ4n) is 4.95. The van der Waals surface area contributed by atoms with Gasteiger partial charge in [0, 0.05) is 75.1 Å². The number of nitrogens with zero attached hydrogens (tertiary/aromatic N) is 4. The smallest absolute Gasteiger partial charge is 0.324 e. The third-order valence-corrected chi connectivity index (χ3v) is 7.57. The molecule has 3 amide bonds. The van der Waals surface area contributed by atoms with E-state index in [2.05, 4.69) is 34.3 Å². The van der Waals surface area contributed by atoms with Gasteiger partial charge < -0.3 is 20.0 Å². The van der Waals surface area contributed by atoms with Crippen LogP contribution < -0.4 is 15.1 Å². The van der Waals surface area contributed by atoms with Crippen LogP contribution in [0.1, 0.15) is 21.5 Å². The van der Waals surface area contributed by atoms with E-state index in [1.54, 1.807) is 16.8 Å². The number of rotatable bonds is 6. The van der Waals surface area contributed by atoms with E-state index < -0.39 is 0 Å². The van der Waals surface area contributed by atoms with Crippen LogP contribution in [0.5, 0.6) is 0 Å². The van der Waals surface area contributed by atoms with Gasteiger partial charge in [0.2, 0.25) is 0 Å². The van der Waals surface area contributed by atoms with Gasteiger partial charge in [0.05, 0.1) is 5.69 Å². The van der Waals surface area contributed by atoms with E-state index in [0.717, 1.165) is 43.0 Å². The molecule has 1 fully saturated rings. The molecule has 0 saturated carbocycles. The number of hydrogen-bond acceptors (Lipinski definition) is 4. The second-order valence-corrected chi connectivity index (χ2v) is 10.2. The summed E-state index contributed by atoms with van der Waals surface area (Å²) in [6.45, 7) is 5.49. The van der Waals surface area contributed by atoms with Gasteiger partial charge >= 0.3 is 6.03 Å². The van der Waals surface area contributed by atoms with Crippen LogP contribution in [0.25, 0.3) is 0 Å². The molecule has 188 valence electrons. The van der Waals surface area contributed by atoms with Crippen molar-refractivity contribution in [3.05, 3.63) is 82.4 Å².